The summed E-state index contributed by atoms with van der Waals surface area (Å²) in [6, 6.07) is 14.5. The van der Waals surface area contributed by atoms with Gasteiger partial charge in [-0.1, -0.05) is 24.3 Å². The van der Waals surface area contributed by atoms with E-state index in [0.29, 0.717) is 28.7 Å². The number of hydrogen-bond donors (Lipinski definition) is 1. The molecule has 0 aliphatic carbocycles. The van der Waals surface area contributed by atoms with Crippen LogP contribution in [0.1, 0.15) is 22.8 Å². The van der Waals surface area contributed by atoms with Gasteiger partial charge in [0, 0.05) is 23.4 Å². The molecule has 0 saturated carbocycles. The van der Waals surface area contributed by atoms with Crippen LogP contribution in [0.25, 0.3) is 11.5 Å². The number of carboxylic acid groups (broad SMARTS) is 1. The molecular formula is C22H19N3O6. The molecule has 1 N–H and O–H groups in total. The van der Waals surface area contributed by atoms with Crippen molar-refractivity contribution in [1.82, 2.24) is 15.1 Å². The molecule has 0 unspecified atom stereocenters. The number of benzene rings is 1. The van der Waals surface area contributed by atoms with Crippen LogP contribution in [0.15, 0.2) is 63.7 Å². The summed E-state index contributed by atoms with van der Waals surface area (Å²) in [5, 5.41) is 12.8. The summed E-state index contributed by atoms with van der Waals surface area (Å²) in [5.41, 5.74) is 2.02. The number of aryl methyl sites for hydroxylation is 1. The van der Waals surface area contributed by atoms with E-state index in [1.54, 1.807) is 18.2 Å². The number of ether oxygens (including phenoxy) is 2. The van der Waals surface area contributed by atoms with Gasteiger partial charge in [0.1, 0.15) is 18.1 Å². The highest BCUT2D eigenvalue weighted by atomic mass is 16.6. The molecule has 1 aromatic carbocycles. The summed E-state index contributed by atoms with van der Waals surface area (Å²) < 4.78 is 22.2. The molecule has 3 heterocycles. The first-order valence-electron chi connectivity index (χ1n) is 9.47. The van der Waals surface area contributed by atoms with Crippen molar-refractivity contribution in [3.8, 4) is 23.2 Å². The largest absolute Gasteiger partial charge is 0.481 e. The van der Waals surface area contributed by atoms with Gasteiger partial charge in [-0.05, 0) is 30.3 Å². The number of nitrogens with zero attached hydrogens (tertiary/aromatic N) is 3. The van der Waals surface area contributed by atoms with E-state index in [0.717, 1.165) is 5.56 Å². The molecule has 9 heteroatoms. The lowest BCUT2D eigenvalue weighted by atomic mass is 10.2. The van der Waals surface area contributed by atoms with Crippen molar-refractivity contribution < 1.29 is 28.3 Å². The van der Waals surface area contributed by atoms with Gasteiger partial charge in [0.2, 0.25) is 11.8 Å². The standard InChI is InChI=1S/C22H19N3O6/c1-14-18(24-22(30-14)15-6-3-2-4-7-15)13-28-19-11-17(31-25-19)12-29-21-16(10-20(26)27)8-5-9-23-21/h2-9,11H,10,12-13H2,1H3,(H,26,27). The third-order valence-corrected chi connectivity index (χ3v) is 4.35. The Morgan fingerprint density at radius 2 is 1.94 bits per heavy atom. The zero-order valence-corrected chi connectivity index (χ0v) is 16.6. The van der Waals surface area contributed by atoms with Crippen LogP contribution in [0.2, 0.25) is 0 Å². The molecular weight excluding hydrogens is 402 g/mol. The number of oxazole rings is 1. The van der Waals surface area contributed by atoms with Crippen molar-refractivity contribution in [2.24, 2.45) is 0 Å². The fourth-order valence-corrected chi connectivity index (χ4v) is 2.83. The number of carbonyl (C=O) groups is 1. The Bertz CT molecular complexity index is 1170. The van der Waals surface area contributed by atoms with Gasteiger partial charge >= 0.3 is 5.97 Å². The Kier molecular flexibility index (Phi) is 5.93. The van der Waals surface area contributed by atoms with Crippen LogP contribution in [0.4, 0.5) is 0 Å². The van der Waals surface area contributed by atoms with E-state index in [1.165, 1.54) is 6.20 Å². The molecule has 0 atom stereocenters. The lowest BCUT2D eigenvalue weighted by molar-refractivity contribution is -0.136. The first kappa shape index (κ1) is 20.1. The van der Waals surface area contributed by atoms with Gasteiger partial charge in [-0.2, -0.15) is 0 Å². The highest BCUT2D eigenvalue weighted by Crippen LogP contribution is 2.23. The molecule has 0 aliphatic rings. The van der Waals surface area contributed by atoms with E-state index in [9.17, 15) is 4.79 Å². The second-order valence-corrected chi connectivity index (χ2v) is 6.63. The maximum Gasteiger partial charge on any atom is 0.308 e. The summed E-state index contributed by atoms with van der Waals surface area (Å²) in [7, 11) is 0. The first-order valence-corrected chi connectivity index (χ1v) is 9.47. The van der Waals surface area contributed by atoms with Crippen LogP contribution in [0.3, 0.4) is 0 Å². The Labute approximate surface area is 177 Å². The van der Waals surface area contributed by atoms with Gasteiger partial charge in [0.05, 0.1) is 6.42 Å². The molecule has 3 aromatic heterocycles. The topological polar surface area (TPSA) is 121 Å². The smallest absolute Gasteiger partial charge is 0.308 e. The van der Waals surface area contributed by atoms with Gasteiger partial charge < -0.3 is 23.5 Å². The molecule has 4 aromatic rings. The number of aromatic nitrogens is 3. The van der Waals surface area contributed by atoms with Crippen LogP contribution in [-0.2, 0) is 24.4 Å². The molecule has 0 radical (unpaired) electrons. The van der Waals surface area contributed by atoms with Crippen LogP contribution in [0, 0.1) is 6.92 Å². The summed E-state index contributed by atoms with van der Waals surface area (Å²) >= 11 is 0. The number of aliphatic carboxylic acids is 1. The SMILES string of the molecule is Cc1oc(-c2ccccc2)nc1COc1cc(COc2ncccc2CC(=O)O)on1. The van der Waals surface area contributed by atoms with E-state index >= 15 is 0 Å². The van der Waals surface area contributed by atoms with Crippen LogP contribution >= 0.6 is 0 Å². The van der Waals surface area contributed by atoms with Crippen LogP contribution < -0.4 is 9.47 Å². The predicted octanol–water partition coefficient (Wildman–Crippen LogP) is 3.82. The minimum Gasteiger partial charge on any atom is -0.481 e. The average Bonchev–Trinajstić information content (AvgIpc) is 3.38. The van der Waals surface area contributed by atoms with Crippen molar-refractivity contribution in [2.75, 3.05) is 0 Å². The highest BCUT2D eigenvalue weighted by Gasteiger charge is 2.14. The zero-order valence-electron chi connectivity index (χ0n) is 16.6. The quantitative estimate of drug-likeness (QED) is 0.430. The Balaban J connectivity index is 1.35. The van der Waals surface area contributed by atoms with Crippen LogP contribution in [0.5, 0.6) is 11.8 Å². The Hall–Kier alpha value is -4.14. The van der Waals surface area contributed by atoms with Crippen molar-refractivity contribution in [3.05, 3.63) is 77.5 Å². The molecule has 9 nitrogen and oxygen atoms in total. The molecule has 0 spiro atoms. The Morgan fingerprint density at radius 1 is 1.10 bits per heavy atom. The number of carboxylic acids is 1. The number of hydrogen-bond acceptors (Lipinski definition) is 8. The van der Waals surface area contributed by atoms with E-state index in [1.807, 2.05) is 37.3 Å². The number of rotatable bonds is 9. The van der Waals surface area contributed by atoms with Gasteiger partial charge in [0.25, 0.3) is 5.88 Å². The fourth-order valence-electron chi connectivity index (χ4n) is 2.83. The van der Waals surface area contributed by atoms with Crippen molar-refractivity contribution >= 4 is 5.97 Å². The van der Waals surface area contributed by atoms with Gasteiger partial charge in [-0.3, -0.25) is 4.79 Å². The summed E-state index contributed by atoms with van der Waals surface area (Å²) in [6.07, 6.45) is 1.34. The number of pyridine rings is 1. The van der Waals surface area contributed by atoms with E-state index in [2.05, 4.69) is 15.1 Å². The minimum absolute atomic E-state index is 0.0289. The molecule has 0 amide bonds. The third kappa shape index (κ3) is 5.08. The first-order chi connectivity index (χ1) is 15.1. The van der Waals surface area contributed by atoms with Crippen molar-refractivity contribution in [3.63, 3.8) is 0 Å². The second kappa shape index (κ2) is 9.12. The van der Waals surface area contributed by atoms with Gasteiger partial charge in [-0.15, -0.1) is 0 Å². The molecule has 31 heavy (non-hydrogen) atoms. The lowest BCUT2D eigenvalue weighted by Gasteiger charge is -2.06. The van der Waals surface area contributed by atoms with Crippen LogP contribution in [-0.4, -0.2) is 26.2 Å². The zero-order chi connectivity index (χ0) is 21.6. The lowest BCUT2D eigenvalue weighted by Crippen LogP contribution is -2.05. The monoisotopic (exact) mass is 421 g/mol. The Morgan fingerprint density at radius 3 is 2.74 bits per heavy atom. The van der Waals surface area contributed by atoms with E-state index < -0.39 is 5.97 Å². The average molecular weight is 421 g/mol. The summed E-state index contributed by atoms with van der Waals surface area (Å²) in [5.74, 6) is 1.13. The molecule has 4 rings (SSSR count). The molecule has 0 bridgehead atoms. The highest BCUT2D eigenvalue weighted by molar-refractivity contribution is 5.70. The van der Waals surface area contributed by atoms with E-state index in [4.69, 9.17) is 23.5 Å². The van der Waals surface area contributed by atoms with E-state index in [-0.39, 0.29) is 31.4 Å². The maximum absolute atomic E-state index is 11.0. The van der Waals surface area contributed by atoms with Crippen molar-refractivity contribution in [2.45, 2.75) is 26.6 Å². The van der Waals surface area contributed by atoms with Crippen molar-refractivity contribution in [1.29, 1.82) is 0 Å². The fraction of sp³-hybridized carbons (Fsp3) is 0.182. The molecule has 0 aliphatic heterocycles. The van der Waals surface area contributed by atoms with Gasteiger partial charge in [-0.25, -0.2) is 9.97 Å². The molecule has 0 saturated heterocycles. The molecule has 0 fully saturated rings. The predicted molar refractivity (Wildman–Crippen MR) is 107 cm³/mol. The normalized spacial score (nSPS) is 10.7. The van der Waals surface area contributed by atoms with Gasteiger partial charge in [0.15, 0.2) is 12.4 Å². The maximum atomic E-state index is 11.0. The summed E-state index contributed by atoms with van der Waals surface area (Å²) in [6.45, 7) is 2.01. The summed E-state index contributed by atoms with van der Waals surface area (Å²) in [4.78, 5) is 19.5. The molecule has 158 valence electrons. The second-order valence-electron chi connectivity index (χ2n) is 6.63. The third-order valence-electron chi connectivity index (χ3n) is 4.35. The minimum atomic E-state index is -0.966.